The molecule has 0 aliphatic carbocycles. The molecule has 0 spiro atoms. The molecule has 1 aromatic carbocycles. The van der Waals surface area contributed by atoms with Gasteiger partial charge in [0.05, 0.1) is 7.11 Å². The van der Waals surface area contributed by atoms with Gasteiger partial charge in [0.15, 0.2) is 0 Å². The zero-order valence-corrected chi connectivity index (χ0v) is 10.4. The van der Waals surface area contributed by atoms with E-state index in [1.807, 2.05) is 13.0 Å². The van der Waals surface area contributed by atoms with Gasteiger partial charge in [-0.15, -0.1) is 0 Å². The molecule has 1 heterocycles. The molecule has 0 unspecified atom stereocenters. The summed E-state index contributed by atoms with van der Waals surface area (Å²) in [7, 11) is 1.61. The molecule has 0 bridgehead atoms. The monoisotopic (exact) mass is 245 g/mol. The standard InChI is InChI=1S/C13H15N3O2/c1-10-7-8-14-16(10)9-13(17)15-11-3-5-12(18-2)6-4-11/h3-8H,9H2,1-2H3,(H,15,17). The summed E-state index contributed by atoms with van der Waals surface area (Å²) in [5.74, 6) is 0.655. The SMILES string of the molecule is COc1ccc(NC(=O)Cn2nccc2C)cc1. The highest BCUT2D eigenvalue weighted by Gasteiger charge is 2.05. The molecule has 1 aromatic heterocycles. The molecule has 1 amide bonds. The van der Waals surface area contributed by atoms with E-state index in [1.165, 1.54) is 0 Å². The van der Waals surface area contributed by atoms with Crippen molar-refractivity contribution in [3.8, 4) is 5.75 Å². The van der Waals surface area contributed by atoms with E-state index in [1.54, 1.807) is 42.3 Å². The summed E-state index contributed by atoms with van der Waals surface area (Å²) >= 11 is 0. The van der Waals surface area contributed by atoms with E-state index in [9.17, 15) is 4.79 Å². The average Bonchev–Trinajstić information content (AvgIpc) is 2.76. The highest BCUT2D eigenvalue weighted by molar-refractivity contribution is 5.90. The van der Waals surface area contributed by atoms with Gasteiger partial charge in [-0.1, -0.05) is 0 Å². The Morgan fingerprint density at radius 2 is 2.06 bits per heavy atom. The van der Waals surface area contributed by atoms with Crippen LogP contribution in [0.3, 0.4) is 0 Å². The number of methoxy groups -OCH3 is 1. The van der Waals surface area contributed by atoms with Gasteiger partial charge in [-0.3, -0.25) is 9.48 Å². The van der Waals surface area contributed by atoms with Crippen molar-refractivity contribution in [2.75, 3.05) is 12.4 Å². The maximum absolute atomic E-state index is 11.8. The summed E-state index contributed by atoms with van der Waals surface area (Å²) < 4.78 is 6.70. The molecule has 1 N–H and O–H groups in total. The molecule has 0 radical (unpaired) electrons. The van der Waals surface area contributed by atoms with Gasteiger partial charge in [0.25, 0.3) is 0 Å². The molecule has 94 valence electrons. The fraction of sp³-hybridized carbons (Fsp3) is 0.231. The van der Waals surface area contributed by atoms with Crippen LogP contribution >= 0.6 is 0 Å². The molecule has 18 heavy (non-hydrogen) atoms. The lowest BCUT2D eigenvalue weighted by atomic mass is 10.3. The molecule has 0 aliphatic rings. The van der Waals surface area contributed by atoms with E-state index in [0.717, 1.165) is 17.1 Å². The molecule has 0 saturated heterocycles. The van der Waals surface area contributed by atoms with Crippen LogP contribution in [0.5, 0.6) is 5.75 Å². The normalized spacial score (nSPS) is 10.1. The van der Waals surface area contributed by atoms with E-state index in [-0.39, 0.29) is 12.5 Å². The lowest BCUT2D eigenvalue weighted by molar-refractivity contribution is -0.116. The molecule has 0 saturated carbocycles. The van der Waals surface area contributed by atoms with Gasteiger partial charge in [-0.2, -0.15) is 5.10 Å². The second kappa shape index (κ2) is 5.35. The van der Waals surface area contributed by atoms with E-state index >= 15 is 0 Å². The van der Waals surface area contributed by atoms with Crippen molar-refractivity contribution in [2.24, 2.45) is 0 Å². The summed E-state index contributed by atoms with van der Waals surface area (Å²) in [6, 6.07) is 9.06. The minimum absolute atomic E-state index is 0.105. The third kappa shape index (κ3) is 2.88. The first-order valence-electron chi connectivity index (χ1n) is 5.61. The highest BCUT2D eigenvalue weighted by atomic mass is 16.5. The van der Waals surface area contributed by atoms with Crippen LogP contribution in [0.4, 0.5) is 5.69 Å². The van der Waals surface area contributed by atoms with Gasteiger partial charge in [-0.25, -0.2) is 0 Å². The predicted molar refractivity (Wildman–Crippen MR) is 68.6 cm³/mol. The molecule has 0 atom stereocenters. The summed E-state index contributed by atoms with van der Waals surface area (Å²) in [6.07, 6.45) is 1.68. The Morgan fingerprint density at radius 3 is 2.61 bits per heavy atom. The van der Waals surface area contributed by atoms with Crippen LogP contribution in [0.15, 0.2) is 36.5 Å². The number of benzene rings is 1. The predicted octanol–water partition coefficient (Wildman–Crippen LogP) is 1.84. The number of ether oxygens (including phenoxy) is 1. The molecular formula is C13H15N3O2. The van der Waals surface area contributed by atoms with Gasteiger partial charge >= 0.3 is 0 Å². The van der Waals surface area contributed by atoms with Crippen LogP contribution in [0.25, 0.3) is 0 Å². The summed E-state index contributed by atoms with van der Waals surface area (Å²) in [5.41, 5.74) is 1.70. The Kier molecular flexibility index (Phi) is 3.62. The van der Waals surface area contributed by atoms with Gasteiger partial charge in [0.2, 0.25) is 5.91 Å². The number of nitrogens with one attached hydrogen (secondary N) is 1. The quantitative estimate of drug-likeness (QED) is 0.894. The fourth-order valence-corrected chi connectivity index (χ4v) is 1.58. The number of nitrogens with zero attached hydrogens (tertiary/aromatic N) is 2. The van der Waals surface area contributed by atoms with Crippen molar-refractivity contribution >= 4 is 11.6 Å². The fourth-order valence-electron chi connectivity index (χ4n) is 1.58. The number of aromatic nitrogens is 2. The maximum Gasteiger partial charge on any atom is 0.246 e. The number of carbonyl (C=O) groups is 1. The Morgan fingerprint density at radius 1 is 1.33 bits per heavy atom. The molecule has 5 nitrogen and oxygen atoms in total. The Hall–Kier alpha value is -2.30. The van der Waals surface area contributed by atoms with Gasteiger partial charge in [-0.05, 0) is 37.3 Å². The molecule has 2 aromatic rings. The van der Waals surface area contributed by atoms with E-state index in [4.69, 9.17) is 4.74 Å². The van der Waals surface area contributed by atoms with Gasteiger partial charge < -0.3 is 10.1 Å². The van der Waals surface area contributed by atoms with Gasteiger partial charge in [0.1, 0.15) is 12.3 Å². The first-order valence-corrected chi connectivity index (χ1v) is 5.61. The lowest BCUT2D eigenvalue weighted by Gasteiger charge is -2.07. The first-order chi connectivity index (χ1) is 8.69. The number of carbonyl (C=O) groups excluding carboxylic acids is 1. The zero-order valence-electron chi connectivity index (χ0n) is 10.4. The minimum atomic E-state index is -0.105. The van der Waals surface area contributed by atoms with Crippen LogP contribution < -0.4 is 10.1 Å². The van der Waals surface area contributed by atoms with Crippen LogP contribution in [-0.2, 0) is 11.3 Å². The van der Waals surface area contributed by atoms with E-state index in [2.05, 4.69) is 10.4 Å². The van der Waals surface area contributed by atoms with E-state index in [0.29, 0.717) is 0 Å². The zero-order chi connectivity index (χ0) is 13.0. The number of aryl methyl sites for hydroxylation is 1. The first kappa shape index (κ1) is 12.2. The van der Waals surface area contributed by atoms with Crippen LogP contribution in [0.2, 0.25) is 0 Å². The minimum Gasteiger partial charge on any atom is -0.497 e. The Bertz CT molecular complexity index is 531. The summed E-state index contributed by atoms with van der Waals surface area (Å²) in [6.45, 7) is 2.12. The van der Waals surface area contributed by atoms with Crippen molar-refractivity contribution in [2.45, 2.75) is 13.5 Å². The highest BCUT2D eigenvalue weighted by Crippen LogP contribution is 2.14. The summed E-state index contributed by atoms with van der Waals surface area (Å²) in [5, 5.41) is 6.86. The van der Waals surface area contributed by atoms with Crippen LogP contribution in [0, 0.1) is 6.92 Å². The van der Waals surface area contributed by atoms with Crippen molar-refractivity contribution in [3.63, 3.8) is 0 Å². The van der Waals surface area contributed by atoms with Crippen molar-refractivity contribution in [1.82, 2.24) is 9.78 Å². The molecule has 5 heteroatoms. The molecular weight excluding hydrogens is 230 g/mol. The van der Waals surface area contributed by atoms with Crippen LogP contribution in [0.1, 0.15) is 5.69 Å². The molecule has 2 rings (SSSR count). The number of hydrogen-bond acceptors (Lipinski definition) is 3. The molecule has 0 aliphatic heterocycles. The summed E-state index contributed by atoms with van der Waals surface area (Å²) in [4.78, 5) is 11.8. The topological polar surface area (TPSA) is 56.1 Å². The second-order valence-corrected chi connectivity index (χ2v) is 3.91. The largest absolute Gasteiger partial charge is 0.497 e. The molecule has 0 fully saturated rings. The van der Waals surface area contributed by atoms with Crippen molar-refractivity contribution in [1.29, 1.82) is 0 Å². The second-order valence-electron chi connectivity index (χ2n) is 3.91. The van der Waals surface area contributed by atoms with E-state index < -0.39 is 0 Å². The Labute approximate surface area is 105 Å². The smallest absolute Gasteiger partial charge is 0.246 e. The number of amides is 1. The Balaban J connectivity index is 1.96. The third-order valence-electron chi connectivity index (χ3n) is 2.60. The average molecular weight is 245 g/mol. The number of hydrogen-bond donors (Lipinski definition) is 1. The van der Waals surface area contributed by atoms with Crippen molar-refractivity contribution in [3.05, 3.63) is 42.2 Å². The maximum atomic E-state index is 11.8. The van der Waals surface area contributed by atoms with Crippen LogP contribution in [-0.4, -0.2) is 22.8 Å². The van der Waals surface area contributed by atoms with Crippen molar-refractivity contribution < 1.29 is 9.53 Å². The number of anilines is 1. The number of rotatable bonds is 4. The third-order valence-corrected chi connectivity index (χ3v) is 2.60. The lowest BCUT2D eigenvalue weighted by Crippen LogP contribution is -2.20. The van der Waals surface area contributed by atoms with Gasteiger partial charge in [0, 0.05) is 17.6 Å².